The van der Waals surface area contributed by atoms with Crippen molar-refractivity contribution in [1.29, 1.82) is 0 Å². The van der Waals surface area contributed by atoms with Gasteiger partial charge in [-0.05, 0) is 30.7 Å². The zero-order valence-corrected chi connectivity index (χ0v) is 17.3. The van der Waals surface area contributed by atoms with Crippen LogP contribution in [0.4, 0.5) is 0 Å². The van der Waals surface area contributed by atoms with Gasteiger partial charge in [0.25, 0.3) is 0 Å². The lowest BCUT2D eigenvalue weighted by Crippen LogP contribution is -2.23. The Morgan fingerprint density at radius 3 is 2.25 bits per heavy atom. The molecule has 0 saturated carbocycles. The number of rotatable bonds is 12. The largest absolute Gasteiger partial charge is 0.339 e. The molecule has 0 N–H and O–H groups in total. The summed E-state index contributed by atoms with van der Waals surface area (Å²) < 4.78 is 9.54. The third-order valence-corrected chi connectivity index (χ3v) is 5.15. The normalized spacial score (nSPS) is 11.2. The maximum atomic E-state index is 5.44. The Labute approximate surface area is 168 Å². The SMILES string of the molecule is CCCCCCCCCCCc1nc(-c2ccc(-n3cc[n+](C)c3)cc2)no1. The summed E-state index contributed by atoms with van der Waals surface area (Å²) >= 11 is 0. The fourth-order valence-electron chi connectivity index (χ4n) is 3.45. The number of nitrogens with zero attached hydrogens (tertiary/aromatic N) is 4. The number of imidazole rings is 1. The smallest absolute Gasteiger partial charge is 0.248 e. The van der Waals surface area contributed by atoms with Gasteiger partial charge in [0, 0.05) is 12.0 Å². The van der Waals surface area contributed by atoms with Gasteiger partial charge in [-0.1, -0.05) is 63.4 Å². The van der Waals surface area contributed by atoms with Crippen molar-refractivity contribution in [3.05, 3.63) is 48.9 Å². The highest BCUT2D eigenvalue weighted by Crippen LogP contribution is 2.19. The lowest BCUT2D eigenvalue weighted by Gasteiger charge is -2.00. The van der Waals surface area contributed by atoms with E-state index < -0.39 is 0 Å². The van der Waals surface area contributed by atoms with Crippen LogP contribution in [0.2, 0.25) is 0 Å². The standard InChI is InChI=1S/C23H33N4O/c1-3-4-5-6-7-8-9-10-11-12-22-24-23(25-28-22)20-13-15-21(16-14-20)27-18-17-26(2)19-27/h13-19H,3-12H2,1-2H3/q+1. The molecule has 1 aromatic carbocycles. The summed E-state index contributed by atoms with van der Waals surface area (Å²) in [7, 11) is 2.01. The second-order valence-corrected chi connectivity index (χ2v) is 7.62. The molecule has 0 fully saturated rings. The van der Waals surface area contributed by atoms with Gasteiger partial charge in [0.2, 0.25) is 18.0 Å². The molecule has 150 valence electrons. The van der Waals surface area contributed by atoms with Gasteiger partial charge in [0.05, 0.1) is 7.05 Å². The van der Waals surface area contributed by atoms with Crippen LogP contribution in [0.3, 0.4) is 0 Å². The van der Waals surface area contributed by atoms with Gasteiger partial charge in [-0.25, -0.2) is 9.13 Å². The van der Waals surface area contributed by atoms with Crippen molar-refractivity contribution < 1.29 is 9.09 Å². The first-order valence-electron chi connectivity index (χ1n) is 10.7. The minimum atomic E-state index is 0.676. The molecule has 3 rings (SSSR count). The van der Waals surface area contributed by atoms with E-state index in [1.54, 1.807) is 0 Å². The summed E-state index contributed by atoms with van der Waals surface area (Å²) in [6.07, 6.45) is 18.9. The monoisotopic (exact) mass is 381 g/mol. The minimum absolute atomic E-state index is 0.676. The third kappa shape index (κ3) is 6.04. The predicted octanol–water partition coefficient (Wildman–Crippen LogP) is 5.43. The zero-order valence-electron chi connectivity index (χ0n) is 17.3. The van der Waals surface area contributed by atoms with E-state index in [1.807, 2.05) is 42.5 Å². The van der Waals surface area contributed by atoms with Gasteiger partial charge in [0.1, 0.15) is 18.1 Å². The number of aromatic nitrogens is 4. The van der Waals surface area contributed by atoms with E-state index in [1.165, 1.54) is 51.4 Å². The van der Waals surface area contributed by atoms with Crippen LogP contribution in [-0.4, -0.2) is 14.7 Å². The molecule has 0 aliphatic rings. The van der Waals surface area contributed by atoms with Gasteiger partial charge in [-0.2, -0.15) is 4.98 Å². The highest BCUT2D eigenvalue weighted by molar-refractivity contribution is 5.56. The van der Waals surface area contributed by atoms with Crippen molar-refractivity contribution in [1.82, 2.24) is 14.7 Å². The number of hydrogen-bond donors (Lipinski definition) is 0. The lowest BCUT2D eigenvalue weighted by atomic mass is 10.1. The number of unbranched alkanes of at least 4 members (excludes halogenated alkanes) is 8. The first kappa shape index (κ1) is 20.3. The average Bonchev–Trinajstić information content (AvgIpc) is 3.36. The molecule has 3 aromatic rings. The van der Waals surface area contributed by atoms with Crippen molar-refractivity contribution in [3.8, 4) is 17.1 Å². The fraction of sp³-hybridized carbons (Fsp3) is 0.522. The summed E-state index contributed by atoms with van der Waals surface area (Å²) in [4.78, 5) is 4.57. The van der Waals surface area contributed by atoms with Crippen molar-refractivity contribution in [3.63, 3.8) is 0 Å². The Morgan fingerprint density at radius 2 is 1.61 bits per heavy atom. The molecule has 0 bridgehead atoms. The van der Waals surface area contributed by atoms with Crippen LogP contribution in [-0.2, 0) is 13.5 Å². The Morgan fingerprint density at radius 1 is 0.929 bits per heavy atom. The van der Waals surface area contributed by atoms with Gasteiger partial charge in [0.15, 0.2) is 0 Å². The van der Waals surface area contributed by atoms with Crippen LogP contribution in [0.15, 0.2) is 47.5 Å². The molecule has 0 saturated heterocycles. The molecule has 5 nitrogen and oxygen atoms in total. The minimum Gasteiger partial charge on any atom is -0.339 e. The van der Waals surface area contributed by atoms with Crippen LogP contribution < -0.4 is 4.57 Å². The Kier molecular flexibility index (Phi) is 7.82. The number of aryl methyl sites for hydroxylation is 2. The van der Waals surface area contributed by atoms with E-state index in [0.29, 0.717) is 5.82 Å². The molecular formula is C23H33N4O+. The van der Waals surface area contributed by atoms with Crippen LogP contribution in [0.1, 0.15) is 70.6 Å². The summed E-state index contributed by atoms with van der Waals surface area (Å²) in [6, 6.07) is 8.24. The van der Waals surface area contributed by atoms with Crippen LogP contribution in [0.5, 0.6) is 0 Å². The molecular weight excluding hydrogens is 348 g/mol. The molecule has 0 radical (unpaired) electrons. The third-order valence-electron chi connectivity index (χ3n) is 5.15. The predicted molar refractivity (Wildman–Crippen MR) is 111 cm³/mol. The average molecular weight is 382 g/mol. The Bertz CT molecular complexity index is 819. The highest BCUT2D eigenvalue weighted by Gasteiger charge is 2.10. The van der Waals surface area contributed by atoms with Crippen molar-refractivity contribution >= 4 is 0 Å². The Hall–Kier alpha value is -2.43. The molecule has 28 heavy (non-hydrogen) atoms. The molecule has 0 spiro atoms. The molecule has 0 amide bonds. The fourth-order valence-corrected chi connectivity index (χ4v) is 3.45. The van der Waals surface area contributed by atoms with Crippen molar-refractivity contribution in [2.24, 2.45) is 7.05 Å². The van der Waals surface area contributed by atoms with Gasteiger partial charge >= 0.3 is 0 Å². The molecule has 2 heterocycles. The molecule has 5 heteroatoms. The van der Waals surface area contributed by atoms with E-state index in [0.717, 1.165) is 30.0 Å². The van der Waals surface area contributed by atoms with Crippen molar-refractivity contribution in [2.45, 2.75) is 71.1 Å². The van der Waals surface area contributed by atoms with E-state index in [9.17, 15) is 0 Å². The molecule has 2 aromatic heterocycles. The van der Waals surface area contributed by atoms with Gasteiger partial charge < -0.3 is 4.52 Å². The van der Waals surface area contributed by atoms with E-state index in [2.05, 4.69) is 33.8 Å². The summed E-state index contributed by atoms with van der Waals surface area (Å²) in [5.74, 6) is 1.43. The first-order chi connectivity index (χ1) is 13.8. The van der Waals surface area contributed by atoms with E-state index in [4.69, 9.17) is 4.52 Å². The van der Waals surface area contributed by atoms with Crippen LogP contribution in [0, 0.1) is 0 Å². The number of hydrogen-bond acceptors (Lipinski definition) is 3. The maximum absolute atomic E-state index is 5.44. The van der Waals surface area contributed by atoms with Crippen LogP contribution >= 0.6 is 0 Å². The molecule has 0 aliphatic heterocycles. The second-order valence-electron chi connectivity index (χ2n) is 7.62. The van der Waals surface area contributed by atoms with Gasteiger partial charge in [-0.15, -0.1) is 0 Å². The molecule has 0 aliphatic carbocycles. The topological polar surface area (TPSA) is 47.7 Å². The quantitative estimate of drug-likeness (QED) is 0.311. The highest BCUT2D eigenvalue weighted by atomic mass is 16.5. The second kappa shape index (κ2) is 10.8. The zero-order chi connectivity index (χ0) is 19.6. The summed E-state index contributed by atoms with van der Waals surface area (Å²) in [5.41, 5.74) is 2.10. The van der Waals surface area contributed by atoms with E-state index in [-0.39, 0.29) is 0 Å². The van der Waals surface area contributed by atoms with E-state index >= 15 is 0 Å². The van der Waals surface area contributed by atoms with Crippen molar-refractivity contribution in [2.75, 3.05) is 0 Å². The van der Waals surface area contributed by atoms with Crippen LogP contribution in [0.25, 0.3) is 17.1 Å². The number of benzene rings is 1. The molecule has 0 unspecified atom stereocenters. The molecule has 0 atom stereocenters. The summed E-state index contributed by atoms with van der Waals surface area (Å²) in [6.45, 7) is 2.27. The van der Waals surface area contributed by atoms with Gasteiger partial charge in [-0.3, -0.25) is 0 Å². The first-order valence-corrected chi connectivity index (χ1v) is 10.7. The summed E-state index contributed by atoms with van der Waals surface area (Å²) in [5, 5.41) is 4.15. The Balaban J connectivity index is 1.40. The lowest BCUT2D eigenvalue weighted by molar-refractivity contribution is -0.670. The maximum Gasteiger partial charge on any atom is 0.248 e.